The summed E-state index contributed by atoms with van der Waals surface area (Å²) in [5, 5.41) is 16.0. The van der Waals surface area contributed by atoms with Crippen LogP contribution in [0, 0.1) is 18.8 Å². The number of hydrogen-bond donors (Lipinski definition) is 3. The highest BCUT2D eigenvalue weighted by Crippen LogP contribution is 2.12. The van der Waals surface area contributed by atoms with E-state index >= 15 is 0 Å². The highest BCUT2D eigenvalue weighted by molar-refractivity contribution is 5.93. The molecule has 1 amide bonds. The molecule has 0 unspecified atom stereocenters. The van der Waals surface area contributed by atoms with E-state index in [1.54, 1.807) is 41.6 Å². The lowest BCUT2D eigenvalue weighted by Crippen LogP contribution is -2.11. The molecule has 0 atom stereocenters. The van der Waals surface area contributed by atoms with Gasteiger partial charge < -0.3 is 16.2 Å². The lowest BCUT2D eigenvalue weighted by molar-refractivity contribution is 0.1000. The van der Waals surface area contributed by atoms with E-state index in [0.29, 0.717) is 23.6 Å². The van der Waals surface area contributed by atoms with Crippen molar-refractivity contribution in [2.24, 2.45) is 5.73 Å². The minimum atomic E-state index is -0.487. The van der Waals surface area contributed by atoms with Crippen LogP contribution >= 0.6 is 0 Å². The molecular formula is C19H18N6O2. The van der Waals surface area contributed by atoms with Gasteiger partial charge >= 0.3 is 0 Å². The Morgan fingerprint density at radius 1 is 1.26 bits per heavy atom. The van der Waals surface area contributed by atoms with Gasteiger partial charge in [-0.05, 0) is 24.6 Å². The van der Waals surface area contributed by atoms with Crippen molar-refractivity contribution in [2.75, 3.05) is 11.9 Å². The van der Waals surface area contributed by atoms with Gasteiger partial charge in [0, 0.05) is 29.7 Å². The average molecular weight is 362 g/mol. The van der Waals surface area contributed by atoms with Gasteiger partial charge in [0.2, 0.25) is 11.9 Å². The minimum Gasteiger partial charge on any atom is -0.394 e. The number of aliphatic hydroxyl groups excluding tert-OH is 1. The molecule has 0 aliphatic rings. The van der Waals surface area contributed by atoms with Crippen LogP contribution in [-0.4, -0.2) is 37.4 Å². The summed E-state index contributed by atoms with van der Waals surface area (Å²) < 4.78 is 1.62. The van der Waals surface area contributed by atoms with Crippen LogP contribution in [0.1, 0.15) is 27.0 Å². The molecule has 3 rings (SSSR count). The van der Waals surface area contributed by atoms with Crippen LogP contribution < -0.4 is 11.1 Å². The fourth-order valence-electron chi connectivity index (χ4n) is 2.29. The molecule has 8 nitrogen and oxygen atoms in total. The van der Waals surface area contributed by atoms with E-state index in [-0.39, 0.29) is 6.61 Å². The van der Waals surface area contributed by atoms with E-state index < -0.39 is 5.91 Å². The molecule has 136 valence electrons. The first-order chi connectivity index (χ1) is 13.0. The molecule has 0 aliphatic heterocycles. The number of nitrogens with two attached hydrogens (primary N) is 1. The third kappa shape index (κ3) is 4.68. The fourth-order valence-corrected chi connectivity index (χ4v) is 2.29. The number of nitrogens with zero attached hydrogens (tertiary/aromatic N) is 4. The highest BCUT2D eigenvalue weighted by atomic mass is 16.3. The second kappa shape index (κ2) is 8.12. The van der Waals surface area contributed by atoms with Crippen LogP contribution in [0.5, 0.6) is 0 Å². The Morgan fingerprint density at radius 3 is 2.74 bits per heavy atom. The second-order valence-corrected chi connectivity index (χ2v) is 5.78. The summed E-state index contributed by atoms with van der Waals surface area (Å²) in [6, 6.07) is 5.16. The van der Waals surface area contributed by atoms with Crippen molar-refractivity contribution < 1.29 is 9.90 Å². The number of amides is 1. The van der Waals surface area contributed by atoms with Crippen molar-refractivity contribution in [3.63, 3.8) is 0 Å². The van der Waals surface area contributed by atoms with Crippen LogP contribution in [0.3, 0.4) is 0 Å². The number of anilines is 2. The zero-order valence-electron chi connectivity index (χ0n) is 14.7. The molecule has 2 aromatic heterocycles. The summed E-state index contributed by atoms with van der Waals surface area (Å²) >= 11 is 0. The number of aryl methyl sites for hydroxylation is 1. The van der Waals surface area contributed by atoms with E-state index in [1.807, 2.05) is 13.0 Å². The monoisotopic (exact) mass is 362 g/mol. The molecule has 4 N–H and O–H groups in total. The molecule has 0 radical (unpaired) electrons. The maximum absolute atomic E-state index is 11.3. The standard InChI is InChI=1S/C19H18N6O2/c1-13-2-4-16(18(20)27)8-15(13)5-3-14-9-21-19(22-10-14)24-17-11-23-25(12-17)6-7-26/h2,4,8-12,26H,6-7H2,1H3,(H2,20,27)(H,21,22,24). The summed E-state index contributed by atoms with van der Waals surface area (Å²) in [6.45, 7) is 2.36. The van der Waals surface area contributed by atoms with Gasteiger partial charge in [-0.2, -0.15) is 5.10 Å². The van der Waals surface area contributed by atoms with Gasteiger partial charge in [0.25, 0.3) is 0 Å². The third-order valence-corrected chi connectivity index (χ3v) is 3.73. The Bertz CT molecular complexity index is 1010. The number of carbonyl (C=O) groups excluding carboxylic acids is 1. The van der Waals surface area contributed by atoms with Crippen molar-refractivity contribution in [2.45, 2.75) is 13.5 Å². The minimum absolute atomic E-state index is 0.0206. The van der Waals surface area contributed by atoms with Crippen LogP contribution in [0.25, 0.3) is 0 Å². The summed E-state index contributed by atoms with van der Waals surface area (Å²) in [6.07, 6.45) is 6.59. The first kappa shape index (κ1) is 18.1. The van der Waals surface area contributed by atoms with Gasteiger partial charge in [-0.25, -0.2) is 9.97 Å². The third-order valence-electron chi connectivity index (χ3n) is 3.73. The van der Waals surface area contributed by atoms with E-state index in [2.05, 4.69) is 32.2 Å². The molecule has 2 heterocycles. The Hall–Kier alpha value is -3.70. The molecule has 0 saturated heterocycles. The second-order valence-electron chi connectivity index (χ2n) is 5.78. The Labute approximate surface area is 156 Å². The van der Waals surface area contributed by atoms with Gasteiger partial charge in [-0.15, -0.1) is 0 Å². The number of aliphatic hydroxyl groups is 1. The highest BCUT2D eigenvalue weighted by Gasteiger charge is 2.03. The van der Waals surface area contributed by atoms with Gasteiger partial charge in [-0.1, -0.05) is 17.9 Å². The fraction of sp³-hybridized carbons (Fsp3) is 0.158. The first-order valence-electron chi connectivity index (χ1n) is 8.20. The molecule has 0 bridgehead atoms. The zero-order valence-corrected chi connectivity index (χ0v) is 14.7. The van der Waals surface area contributed by atoms with Crippen molar-refractivity contribution >= 4 is 17.5 Å². The number of benzene rings is 1. The van der Waals surface area contributed by atoms with Crippen LogP contribution in [0.4, 0.5) is 11.6 Å². The molecule has 3 aromatic rings. The smallest absolute Gasteiger partial charge is 0.248 e. The van der Waals surface area contributed by atoms with E-state index in [0.717, 1.165) is 16.8 Å². The zero-order chi connectivity index (χ0) is 19.2. The van der Waals surface area contributed by atoms with Crippen molar-refractivity contribution in [3.05, 3.63) is 65.2 Å². The Morgan fingerprint density at radius 2 is 2.04 bits per heavy atom. The molecule has 0 aliphatic carbocycles. The Kier molecular flexibility index (Phi) is 5.44. The maximum Gasteiger partial charge on any atom is 0.248 e. The van der Waals surface area contributed by atoms with Crippen molar-refractivity contribution in [1.29, 1.82) is 0 Å². The molecule has 0 spiro atoms. The quantitative estimate of drug-likeness (QED) is 0.587. The van der Waals surface area contributed by atoms with E-state index in [9.17, 15) is 4.79 Å². The summed E-state index contributed by atoms with van der Waals surface area (Å²) in [5.41, 5.74) is 8.76. The molecular weight excluding hydrogens is 344 g/mol. The predicted octanol–water partition coefficient (Wildman–Crippen LogP) is 1.22. The summed E-state index contributed by atoms with van der Waals surface area (Å²) in [7, 11) is 0. The molecule has 0 fully saturated rings. The summed E-state index contributed by atoms with van der Waals surface area (Å²) in [5.74, 6) is 5.92. The molecule has 27 heavy (non-hydrogen) atoms. The van der Waals surface area contributed by atoms with Gasteiger partial charge in [0.15, 0.2) is 0 Å². The Balaban J connectivity index is 1.72. The topological polar surface area (TPSA) is 119 Å². The average Bonchev–Trinajstić information content (AvgIpc) is 3.09. The van der Waals surface area contributed by atoms with E-state index in [4.69, 9.17) is 10.8 Å². The number of rotatable bonds is 5. The largest absolute Gasteiger partial charge is 0.394 e. The van der Waals surface area contributed by atoms with Gasteiger partial charge in [-0.3, -0.25) is 9.48 Å². The number of primary amides is 1. The van der Waals surface area contributed by atoms with Crippen molar-refractivity contribution in [1.82, 2.24) is 19.7 Å². The molecule has 1 aromatic carbocycles. The molecule has 8 heteroatoms. The van der Waals surface area contributed by atoms with Crippen LogP contribution in [0.2, 0.25) is 0 Å². The van der Waals surface area contributed by atoms with Gasteiger partial charge in [0.05, 0.1) is 30.6 Å². The number of aromatic nitrogens is 4. The lowest BCUT2D eigenvalue weighted by Gasteiger charge is -2.01. The maximum atomic E-state index is 11.3. The number of nitrogens with one attached hydrogen (secondary N) is 1. The number of carbonyl (C=O) groups is 1. The normalized spacial score (nSPS) is 10.1. The lowest BCUT2D eigenvalue weighted by atomic mass is 10.0. The summed E-state index contributed by atoms with van der Waals surface area (Å²) in [4.78, 5) is 19.7. The van der Waals surface area contributed by atoms with Crippen LogP contribution in [-0.2, 0) is 6.54 Å². The first-order valence-corrected chi connectivity index (χ1v) is 8.20. The SMILES string of the molecule is Cc1ccc(C(N)=O)cc1C#Cc1cnc(Nc2cnn(CCO)c2)nc1. The van der Waals surface area contributed by atoms with Crippen molar-refractivity contribution in [3.8, 4) is 11.8 Å². The molecule has 0 saturated carbocycles. The number of hydrogen-bond acceptors (Lipinski definition) is 6. The van der Waals surface area contributed by atoms with E-state index in [1.165, 1.54) is 0 Å². The van der Waals surface area contributed by atoms with Gasteiger partial charge in [0.1, 0.15) is 0 Å². The van der Waals surface area contributed by atoms with Crippen LogP contribution in [0.15, 0.2) is 43.0 Å². The predicted molar refractivity (Wildman–Crippen MR) is 100 cm³/mol.